The highest BCUT2D eigenvalue weighted by Gasteiger charge is 2.34. The molecular weight excluding hydrogens is 306 g/mol. The van der Waals surface area contributed by atoms with E-state index in [0.29, 0.717) is 13.1 Å². The SMILES string of the molecule is CNCC1CCCCN1S(=O)(=O)N(C)CCc1cccs1. The first-order chi connectivity index (χ1) is 10.1. The van der Waals surface area contributed by atoms with Crippen LogP contribution in [0.3, 0.4) is 0 Å². The zero-order valence-corrected chi connectivity index (χ0v) is 14.4. The van der Waals surface area contributed by atoms with Crippen LogP contribution in [0.2, 0.25) is 0 Å². The van der Waals surface area contributed by atoms with Crippen molar-refractivity contribution in [2.24, 2.45) is 0 Å². The summed E-state index contributed by atoms with van der Waals surface area (Å²) in [6.07, 6.45) is 3.78. The largest absolute Gasteiger partial charge is 0.318 e. The highest BCUT2D eigenvalue weighted by atomic mass is 32.2. The van der Waals surface area contributed by atoms with Gasteiger partial charge in [0.05, 0.1) is 0 Å². The van der Waals surface area contributed by atoms with Gasteiger partial charge in [0.15, 0.2) is 0 Å². The first-order valence-electron chi connectivity index (χ1n) is 7.46. The van der Waals surface area contributed by atoms with Crippen LogP contribution >= 0.6 is 11.3 Å². The number of rotatable bonds is 7. The predicted molar refractivity (Wildman–Crippen MR) is 87.8 cm³/mol. The van der Waals surface area contributed by atoms with Gasteiger partial charge in [-0.2, -0.15) is 17.0 Å². The number of nitrogens with zero attached hydrogens (tertiary/aromatic N) is 2. The van der Waals surface area contributed by atoms with Gasteiger partial charge in [-0.1, -0.05) is 12.5 Å². The zero-order chi connectivity index (χ0) is 15.3. The van der Waals surface area contributed by atoms with Crippen molar-refractivity contribution in [2.45, 2.75) is 31.7 Å². The van der Waals surface area contributed by atoms with E-state index in [4.69, 9.17) is 0 Å². The first kappa shape index (κ1) is 16.9. The fourth-order valence-electron chi connectivity index (χ4n) is 2.73. The lowest BCUT2D eigenvalue weighted by atomic mass is 10.1. The second-order valence-corrected chi connectivity index (χ2v) is 8.50. The summed E-state index contributed by atoms with van der Waals surface area (Å²) in [5.74, 6) is 0. The fourth-order valence-corrected chi connectivity index (χ4v) is 5.03. The molecule has 1 aliphatic heterocycles. The third-order valence-electron chi connectivity index (χ3n) is 3.96. The Labute approximate surface area is 132 Å². The van der Waals surface area contributed by atoms with E-state index in [-0.39, 0.29) is 6.04 Å². The molecule has 0 aliphatic carbocycles. The maximum Gasteiger partial charge on any atom is 0.282 e. The van der Waals surface area contributed by atoms with Crippen molar-refractivity contribution in [1.29, 1.82) is 0 Å². The van der Waals surface area contributed by atoms with E-state index in [0.717, 1.165) is 32.2 Å². The summed E-state index contributed by atoms with van der Waals surface area (Å²) >= 11 is 1.67. The van der Waals surface area contributed by atoms with Gasteiger partial charge in [-0.15, -0.1) is 11.3 Å². The molecule has 0 spiro atoms. The molecule has 0 amide bonds. The third-order valence-corrected chi connectivity index (χ3v) is 6.94. The second-order valence-electron chi connectivity index (χ2n) is 5.48. The Morgan fingerprint density at radius 3 is 2.95 bits per heavy atom. The molecule has 0 aromatic carbocycles. The van der Waals surface area contributed by atoms with Crippen LogP contribution in [0, 0.1) is 0 Å². The summed E-state index contributed by atoms with van der Waals surface area (Å²) in [7, 11) is 0.208. The normalized spacial score (nSPS) is 21.0. The van der Waals surface area contributed by atoms with Crippen LogP contribution in [-0.2, 0) is 16.6 Å². The number of likely N-dealkylation sites (N-methyl/N-ethyl adjacent to an activating group) is 2. The van der Waals surface area contributed by atoms with Gasteiger partial charge in [0.25, 0.3) is 10.2 Å². The number of hydrogen-bond acceptors (Lipinski definition) is 4. The quantitative estimate of drug-likeness (QED) is 0.825. The van der Waals surface area contributed by atoms with Gasteiger partial charge in [-0.05, 0) is 37.8 Å². The summed E-state index contributed by atoms with van der Waals surface area (Å²) in [5, 5.41) is 5.14. The van der Waals surface area contributed by atoms with E-state index in [2.05, 4.69) is 11.4 Å². The maximum atomic E-state index is 12.8. The topological polar surface area (TPSA) is 52.7 Å². The van der Waals surface area contributed by atoms with Gasteiger partial charge in [-0.25, -0.2) is 0 Å². The molecule has 1 aromatic heterocycles. The molecule has 7 heteroatoms. The van der Waals surface area contributed by atoms with Crippen molar-refractivity contribution < 1.29 is 8.42 Å². The third kappa shape index (κ3) is 4.26. The van der Waals surface area contributed by atoms with Crippen molar-refractivity contribution in [1.82, 2.24) is 13.9 Å². The van der Waals surface area contributed by atoms with E-state index < -0.39 is 10.2 Å². The monoisotopic (exact) mass is 331 g/mol. The van der Waals surface area contributed by atoms with Crippen LogP contribution in [0.4, 0.5) is 0 Å². The van der Waals surface area contributed by atoms with Crippen molar-refractivity contribution in [3.05, 3.63) is 22.4 Å². The van der Waals surface area contributed by atoms with E-state index in [9.17, 15) is 8.42 Å². The molecule has 1 saturated heterocycles. The lowest BCUT2D eigenvalue weighted by molar-refractivity contribution is 0.233. The van der Waals surface area contributed by atoms with Crippen LogP contribution in [0.5, 0.6) is 0 Å². The van der Waals surface area contributed by atoms with Gasteiger partial charge in [-0.3, -0.25) is 0 Å². The van der Waals surface area contributed by atoms with E-state index >= 15 is 0 Å². The molecule has 5 nitrogen and oxygen atoms in total. The zero-order valence-electron chi connectivity index (χ0n) is 12.8. The molecular formula is C14H25N3O2S2. The van der Waals surface area contributed by atoms with Gasteiger partial charge < -0.3 is 5.32 Å². The van der Waals surface area contributed by atoms with Gasteiger partial charge in [0.2, 0.25) is 0 Å². The lowest BCUT2D eigenvalue weighted by Crippen LogP contribution is -2.52. The van der Waals surface area contributed by atoms with Crippen LogP contribution in [0.15, 0.2) is 17.5 Å². The van der Waals surface area contributed by atoms with Gasteiger partial charge in [0.1, 0.15) is 0 Å². The Morgan fingerprint density at radius 1 is 1.48 bits per heavy atom. The van der Waals surface area contributed by atoms with Crippen molar-refractivity contribution >= 4 is 21.5 Å². The smallest absolute Gasteiger partial charge is 0.282 e. The van der Waals surface area contributed by atoms with E-state index in [1.54, 1.807) is 22.7 Å². The van der Waals surface area contributed by atoms with Crippen LogP contribution in [-0.4, -0.2) is 56.8 Å². The highest BCUT2D eigenvalue weighted by Crippen LogP contribution is 2.22. The molecule has 120 valence electrons. The summed E-state index contributed by atoms with van der Waals surface area (Å²) in [4.78, 5) is 1.22. The molecule has 0 bridgehead atoms. The van der Waals surface area contributed by atoms with Crippen molar-refractivity contribution in [3.8, 4) is 0 Å². The molecule has 1 aliphatic rings. The standard InChI is InChI=1S/C14H25N3O2S2/c1-15-12-13-6-3-4-9-17(13)21(18,19)16(2)10-8-14-7-5-11-20-14/h5,7,11,13,15H,3-4,6,8-10,12H2,1-2H3. The summed E-state index contributed by atoms with van der Waals surface area (Å²) < 4.78 is 28.7. The van der Waals surface area contributed by atoms with Gasteiger partial charge in [0, 0.05) is 37.6 Å². The second kappa shape index (κ2) is 7.69. The molecule has 1 atom stereocenters. The molecule has 2 rings (SSSR count). The van der Waals surface area contributed by atoms with Crippen LogP contribution in [0.25, 0.3) is 0 Å². The lowest BCUT2D eigenvalue weighted by Gasteiger charge is -2.37. The molecule has 2 heterocycles. The Bertz CT molecular complexity index is 514. The van der Waals surface area contributed by atoms with Crippen molar-refractivity contribution in [2.75, 3.05) is 33.7 Å². The van der Waals surface area contributed by atoms with Gasteiger partial charge >= 0.3 is 0 Å². The Balaban J connectivity index is 2.00. The predicted octanol–water partition coefficient (Wildman–Crippen LogP) is 1.54. The Kier molecular flexibility index (Phi) is 6.19. The van der Waals surface area contributed by atoms with E-state index in [1.165, 1.54) is 9.18 Å². The minimum atomic E-state index is -3.36. The number of piperidine rings is 1. The first-order valence-corrected chi connectivity index (χ1v) is 9.73. The summed E-state index contributed by atoms with van der Waals surface area (Å²) in [5.41, 5.74) is 0. The van der Waals surface area contributed by atoms with Crippen LogP contribution < -0.4 is 5.32 Å². The molecule has 1 aromatic rings. The molecule has 0 radical (unpaired) electrons. The summed E-state index contributed by atoms with van der Waals surface area (Å²) in [6, 6.07) is 4.13. The average Bonchev–Trinajstić information content (AvgIpc) is 2.98. The number of hydrogen-bond donors (Lipinski definition) is 1. The number of thiophene rings is 1. The summed E-state index contributed by atoms with van der Waals surface area (Å²) in [6.45, 7) is 1.89. The van der Waals surface area contributed by atoms with E-state index in [1.807, 2.05) is 18.5 Å². The molecule has 1 fully saturated rings. The minimum Gasteiger partial charge on any atom is -0.318 e. The average molecular weight is 332 g/mol. The fraction of sp³-hybridized carbons (Fsp3) is 0.714. The Hall–Kier alpha value is -0.470. The minimum absolute atomic E-state index is 0.0814. The highest BCUT2D eigenvalue weighted by molar-refractivity contribution is 7.86. The Morgan fingerprint density at radius 2 is 2.29 bits per heavy atom. The molecule has 1 N–H and O–H groups in total. The molecule has 21 heavy (non-hydrogen) atoms. The maximum absolute atomic E-state index is 12.8. The van der Waals surface area contributed by atoms with Crippen molar-refractivity contribution in [3.63, 3.8) is 0 Å². The molecule has 1 unspecified atom stereocenters. The molecule has 0 saturated carbocycles. The van der Waals surface area contributed by atoms with Crippen LogP contribution in [0.1, 0.15) is 24.1 Å². The number of nitrogens with one attached hydrogen (secondary N) is 1.